The van der Waals surface area contributed by atoms with E-state index >= 15 is 0 Å². The second kappa shape index (κ2) is 13.7. The largest absolute Gasteiger partial charge is 0.309 e. The molecule has 0 fully saturated rings. The fourth-order valence-electron chi connectivity index (χ4n) is 7.91. The van der Waals surface area contributed by atoms with Crippen molar-refractivity contribution in [1.29, 1.82) is 0 Å². The van der Waals surface area contributed by atoms with Gasteiger partial charge in [-0.25, -0.2) is 15.0 Å². The predicted octanol–water partition coefficient (Wildman–Crippen LogP) is 12.8. The van der Waals surface area contributed by atoms with E-state index in [-0.39, 0.29) is 0 Å². The number of fused-ring (bicyclic) bond motifs is 6. The maximum absolute atomic E-state index is 4.92. The van der Waals surface area contributed by atoms with Crippen LogP contribution in [0, 0.1) is 0 Å². The van der Waals surface area contributed by atoms with Crippen molar-refractivity contribution in [3.8, 4) is 45.3 Å². The number of para-hydroxylation sites is 3. The average molecular weight is 718 g/mol. The fraction of sp³-hybridized carbons (Fsp3) is 0. The Bertz CT molecular complexity index is 3150. The van der Waals surface area contributed by atoms with E-state index in [0.29, 0.717) is 17.5 Å². The van der Waals surface area contributed by atoms with E-state index in [1.54, 1.807) is 12.2 Å². The molecule has 5 heteroatoms. The number of aromatic nitrogens is 5. The number of hydrogen-bond acceptors (Lipinski definition) is 3. The predicted molar refractivity (Wildman–Crippen MR) is 233 cm³/mol. The maximum atomic E-state index is 4.92. The second-order valence-corrected chi connectivity index (χ2v) is 13.8. The minimum atomic E-state index is 0.548. The topological polar surface area (TPSA) is 48.5 Å². The van der Waals surface area contributed by atoms with Crippen molar-refractivity contribution in [2.24, 2.45) is 0 Å². The van der Waals surface area contributed by atoms with Gasteiger partial charge in [-0.15, -0.1) is 0 Å². The summed E-state index contributed by atoms with van der Waals surface area (Å²) in [6, 6.07) is 60.0. The highest BCUT2D eigenvalue weighted by molar-refractivity contribution is 6.12. The molecule has 0 aliphatic heterocycles. The summed E-state index contributed by atoms with van der Waals surface area (Å²) in [4.78, 5) is 14.6. The van der Waals surface area contributed by atoms with Crippen LogP contribution in [0.4, 0.5) is 0 Å². The highest BCUT2D eigenvalue weighted by atomic mass is 15.0. The zero-order valence-corrected chi connectivity index (χ0v) is 30.5. The average Bonchev–Trinajstić information content (AvgIpc) is 3.78. The van der Waals surface area contributed by atoms with E-state index in [4.69, 9.17) is 15.0 Å². The van der Waals surface area contributed by atoms with Crippen molar-refractivity contribution in [2.45, 2.75) is 0 Å². The maximum Gasteiger partial charge on any atom is 0.164 e. The summed E-state index contributed by atoms with van der Waals surface area (Å²) in [6.45, 7) is 7.85. The molecule has 0 bridgehead atoms. The van der Waals surface area contributed by atoms with Gasteiger partial charge < -0.3 is 9.13 Å². The van der Waals surface area contributed by atoms with Crippen molar-refractivity contribution < 1.29 is 0 Å². The van der Waals surface area contributed by atoms with Crippen molar-refractivity contribution in [3.05, 3.63) is 207 Å². The first-order chi connectivity index (χ1) is 27.7. The molecule has 0 radical (unpaired) electrons. The molecule has 0 aliphatic rings. The van der Waals surface area contributed by atoms with Crippen molar-refractivity contribution >= 4 is 49.2 Å². The molecule has 0 saturated carbocycles. The van der Waals surface area contributed by atoms with Gasteiger partial charge in [0.25, 0.3) is 0 Å². The van der Waals surface area contributed by atoms with E-state index < -0.39 is 0 Å². The Balaban J connectivity index is 1.08. The molecule has 0 unspecified atom stereocenters. The van der Waals surface area contributed by atoms with Crippen LogP contribution in [-0.4, -0.2) is 24.1 Å². The lowest BCUT2D eigenvalue weighted by Gasteiger charge is -2.11. The van der Waals surface area contributed by atoms with Gasteiger partial charge in [0.2, 0.25) is 0 Å². The molecule has 7 aromatic carbocycles. The first-order valence-electron chi connectivity index (χ1n) is 18.7. The van der Waals surface area contributed by atoms with Crippen LogP contribution in [0.5, 0.6) is 0 Å². The van der Waals surface area contributed by atoms with Crippen LogP contribution in [0.25, 0.3) is 94.5 Å². The number of hydrogen-bond donors (Lipinski definition) is 0. The molecule has 0 aliphatic carbocycles. The Morgan fingerprint density at radius 2 is 0.911 bits per heavy atom. The van der Waals surface area contributed by atoms with Crippen LogP contribution >= 0.6 is 0 Å². The number of benzene rings is 7. The molecule has 10 aromatic rings. The summed E-state index contributed by atoms with van der Waals surface area (Å²) in [7, 11) is 0. The SMILES string of the molecule is C=C/C=C(\C=C)c1nc(-c2ccccc2)nc(-c2ccc(-n3c4ccccc4c4cc(-c5ccc6c7ccccc7n(-c7ccccc7)c6c5)ccc43)cc2)n1. The van der Waals surface area contributed by atoms with E-state index in [1.807, 2.05) is 36.4 Å². The molecule has 5 nitrogen and oxygen atoms in total. The fourth-order valence-corrected chi connectivity index (χ4v) is 7.91. The molecule has 0 atom stereocenters. The van der Waals surface area contributed by atoms with Gasteiger partial charge in [0.05, 0.1) is 22.1 Å². The lowest BCUT2D eigenvalue weighted by atomic mass is 10.0. The van der Waals surface area contributed by atoms with Crippen molar-refractivity contribution in [1.82, 2.24) is 24.1 Å². The molecular weight excluding hydrogens is 683 g/mol. The third-order valence-electron chi connectivity index (χ3n) is 10.5. The molecule has 0 saturated heterocycles. The van der Waals surface area contributed by atoms with E-state index in [9.17, 15) is 0 Å². The standard InChI is InChI=1S/C51H35N5/c1-3-15-34(4-2)49-52-50(35-16-7-5-8-17-35)54-51(53-49)36-24-28-40(29-25-36)55-46-23-14-12-21-42(46)44-32-37(27-31-47(44)55)38-26-30-43-41-20-11-13-22-45(41)56(48(43)33-38)39-18-9-6-10-19-39/h3-33H,1-2H2/b34-15+. The van der Waals surface area contributed by atoms with Crippen LogP contribution in [0.2, 0.25) is 0 Å². The van der Waals surface area contributed by atoms with Crippen LogP contribution < -0.4 is 0 Å². The van der Waals surface area contributed by atoms with Crippen LogP contribution in [0.15, 0.2) is 201 Å². The van der Waals surface area contributed by atoms with Gasteiger partial charge in [0, 0.05) is 49.6 Å². The Kier molecular flexibility index (Phi) is 8.04. The van der Waals surface area contributed by atoms with Crippen molar-refractivity contribution in [3.63, 3.8) is 0 Å². The summed E-state index contributed by atoms with van der Waals surface area (Å²) in [5.74, 6) is 1.74. The first-order valence-corrected chi connectivity index (χ1v) is 18.7. The van der Waals surface area contributed by atoms with Gasteiger partial charge in [-0.2, -0.15) is 0 Å². The Labute approximate surface area is 324 Å². The highest BCUT2D eigenvalue weighted by Crippen LogP contribution is 2.38. The summed E-state index contributed by atoms with van der Waals surface area (Å²) >= 11 is 0. The molecule has 10 rings (SSSR count). The number of rotatable bonds is 8. The summed E-state index contributed by atoms with van der Waals surface area (Å²) < 4.78 is 4.71. The molecule has 3 aromatic heterocycles. The third kappa shape index (κ3) is 5.53. The Hall–Kier alpha value is -7.63. The molecule has 56 heavy (non-hydrogen) atoms. The molecule has 3 heterocycles. The monoisotopic (exact) mass is 717 g/mol. The van der Waals surface area contributed by atoms with E-state index in [1.165, 1.54) is 43.7 Å². The normalized spacial score (nSPS) is 11.8. The molecule has 0 amide bonds. The third-order valence-corrected chi connectivity index (χ3v) is 10.5. The second-order valence-electron chi connectivity index (χ2n) is 13.8. The van der Waals surface area contributed by atoms with E-state index in [2.05, 4.69) is 162 Å². The Morgan fingerprint density at radius 3 is 1.59 bits per heavy atom. The van der Waals surface area contributed by atoms with Gasteiger partial charge in [0.1, 0.15) is 0 Å². The minimum Gasteiger partial charge on any atom is -0.309 e. The lowest BCUT2D eigenvalue weighted by Crippen LogP contribution is -2.02. The molecule has 0 N–H and O–H groups in total. The summed E-state index contributed by atoms with van der Waals surface area (Å²) in [6.07, 6.45) is 5.33. The molecule has 264 valence electrons. The van der Waals surface area contributed by atoms with Gasteiger partial charge in [-0.1, -0.05) is 135 Å². The molecular formula is C51H35N5. The number of nitrogens with zero attached hydrogens (tertiary/aromatic N) is 5. The van der Waals surface area contributed by atoms with Crippen LogP contribution in [-0.2, 0) is 0 Å². The first kappa shape index (κ1) is 33.0. The number of allylic oxidation sites excluding steroid dienone is 4. The summed E-state index contributed by atoms with van der Waals surface area (Å²) in [5.41, 5.74) is 11.8. The van der Waals surface area contributed by atoms with Crippen LogP contribution in [0.3, 0.4) is 0 Å². The minimum absolute atomic E-state index is 0.548. The van der Waals surface area contributed by atoms with Crippen molar-refractivity contribution in [2.75, 3.05) is 0 Å². The lowest BCUT2D eigenvalue weighted by molar-refractivity contribution is 1.04. The van der Waals surface area contributed by atoms with Crippen LogP contribution in [0.1, 0.15) is 5.82 Å². The zero-order valence-electron chi connectivity index (χ0n) is 30.5. The Morgan fingerprint density at radius 1 is 0.411 bits per heavy atom. The zero-order chi connectivity index (χ0) is 37.6. The summed E-state index contributed by atoms with van der Waals surface area (Å²) in [5, 5.41) is 4.90. The van der Waals surface area contributed by atoms with Gasteiger partial charge in [-0.3, -0.25) is 0 Å². The quantitative estimate of drug-likeness (QED) is 0.147. The van der Waals surface area contributed by atoms with Gasteiger partial charge >= 0.3 is 0 Å². The highest BCUT2D eigenvalue weighted by Gasteiger charge is 2.17. The molecule has 0 spiro atoms. The smallest absolute Gasteiger partial charge is 0.164 e. The van der Waals surface area contributed by atoms with Gasteiger partial charge in [0.15, 0.2) is 17.5 Å². The van der Waals surface area contributed by atoms with E-state index in [0.717, 1.165) is 39.1 Å². The van der Waals surface area contributed by atoms with Gasteiger partial charge in [-0.05, 0) is 77.9 Å².